The van der Waals surface area contributed by atoms with Crippen LogP contribution >= 0.6 is 11.8 Å². The number of benzene rings is 1. The Hall–Kier alpha value is -3.27. The van der Waals surface area contributed by atoms with E-state index in [0.29, 0.717) is 42.3 Å². The molecule has 0 aliphatic rings. The fourth-order valence-electron chi connectivity index (χ4n) is 2.38. The Balaban J connectivity index is 1.45. The minimum absolute atomic E-state index is 0.225. The van der Waals surface area contributed by atoms with Gasteiger partial charge in [-0.05, 0) is 36.4 Å². The maximum absolute atomic E-state index is 12.6. The number of alkyl halides is 2. The van der Waals surface area contributed by atoms with Crippen LogP contribution in [0, 0.1) is 0 Å². The van der Waals surface area contributed by atoms with Crippen LogP contribution in [0.1, 0.15) is 10.4 Å². The summed E-state index contributed by atoms with van der Waals surface area (Å²) in [6.45, 7) is 0.694. The van der Waals surface area contributed by atoms with Gasteiger partial charge in [-0.25, -0.2) is 4.98 Å². The van der Waals surface area contributed by atoms with Gasteiger partial charge in [0.2, 0.25) is 0 Å². The third-order valence-electron chi connectivity index (χ3n) is 3.65. The molecule has 0 atom stereocenters. The molecule has 3 N–H and O–H groups in total. The largest absolute Gasteiger partial charge is 0.367 e. The molecular weight excluding hydrogens is 398 g/mol. The highest BCUT2D eigenvalue weighted by Gasteiger charge is 2.14. The van der Waals surface area contributed by atoms with E-state index in [-0.39, 0.29) is 10.5 Å². The molecule has 7 nitrogen and oxygen atoms in total. The Labute approximate surface area is 170 Å². The van der Waals surface area contributed by atoms with Gasteiger partial charge in [0.15, 0.2) is 5.82 Å². The summed E-state index contributed by atoms with van der Waals surface area (Å²) in [6.07, 6.45) is 1.67. The quantitative estimate of drug-likeness (QED) is 0.361. The smallest absolute Gasteiger partial charge is 0.288 e. The van der Waals surface area contributed by atoms with Crippen molar-refractivity contribution in [3.63, 3.8) is 0 Å². The highest BCUT2D eigenvalue weighted by Crippen LogP contribution is 2.28. The lowest BCUT2D eigenvalue weighted by Crippen LogP contribution is -2.29. The van der Waals surface area contributed by atoms with Gasteiger partial charge in [0, 0.05) is 24.2 Å². The predicted octanol–water partition coefficient (Wildman–Crippen LogP) is 3.77. The van der Waals surface area contributed by atoms with E-state index in [9.17, 15) is 13.6 Å². The second-order valence-electron chi connectivity index (χ2n) is 5.70. The van der Waals surface area contributed by atoms with Gasteiger partial charge in [-0.15, -0.1) is 10.2 Å². The maximum atomic E-state index is 12.6. The summed E-state index contributed by atoms with van der Waals surface area (Å²) in [6, 6.07) is 15.3. The molecule has 3 aromatic rings. The van der Waals surface area contributed by atoms with E-state index in [1.54, 1.807) is 30.5 Å². The van der Waals surface area contributed by atoms with E-state index in [1.807, 2.05) is 18.2 Å². The van der Waals surface area contributed by atoms with Crippen LogP contribution in [0.4, 0.5) is 26.2 Å². The van der Waals surface area contributed by atoms with E-state index in [4.69, 9.17) is 0 Å². The minimum Gasteiger partial charge on any atom is -0.367 e. The predicted molar refractivity (Wildman–Crippen MR) is 109 cm³/mol. The van der Waals surface area contributed by atoms with Crippen LogP contribution < -0.4 is 16.0 Å². The second-order valence-corrected chi connectivity index (χ2v) is 6.73. The molecule has 0 unspecified atom stereocenters. The number of hydrogen-bond donors (Lipinski definition) is 3. The molecule has 0 saturated carbocycles. The van der Waals surface area contributed by atoms with Gasteiger partial charge in [0.05, 0.1) is 5.56 Å². The monoisotopic (exact) mass is 416 g/mol. The molecule has 150 valence electrons. The van der Waals surface area contributed by atoms with Gasteiger partial charge in [-0.3, -0.25) is 4.79 Å². The fraction of sp³-hybridized carbons (Fsp3) is 0.158. The van der Waals surface area contributed by atoms with Crippen molar-refractivity contribution >= 4 is 35.1 Å². The van der Waals surface area contributed by atoms with Crippen LogP contribution in [0.15, 0.2) is 65.7 Å². The molecule has 1 aromatic carbocycles. The summed E-state index contributed by atoms with van der Waals surface area (Å²) < 4.78 is 25.2. The minimum atomic E-state index is -2.58. The molecule has 29 heavy (non-hydrogen) atoms. The molecule has 0 bridgehead atoms. The molecule has 3 rings (SSSR count). The maximum Gasteiger partial charge on any atom is 0.288 e. The summed E-state index contributed by atoms with van der Waals surface area (Å²) in [7, 11) is 0. The van der Waals surface area contributed by atoms with E-state index in [0.717, 1.165) is 0 Å². The summed E-state index contributed by atoms with van der Waals surface area (Å²) >= 11 is 0.353. The number of amides is 1. The number of pyridine rings is 1. The van der Waals surface area contributed by atoms with Gasteiger partial charge >= 0.3 is 0 Å². The van der Waals surface area contributed by atoms with Crippen LogP contribution in [0.5, 0.6) is 0 Å². The highest BCUT2D eigenvalue weighted by atomic mass is 32.2. The number of nitrogens with one attached hydrogen (secondary N) is 3. The summed E-state index contributed by atoms with van der Waals surface area (Å²) in [5, 5.41) is 16.9. The first-order valence-corrected chi connectivity index (χ1v) is 9.57. The molecule has 10 heteroatoms. The van der Waals surface area contributed by atoms with E-state index in [2.05, 4.69) is 31.1 Å². The topological polar surface area (TPSA) is 91.8 Å². The van der Waals surface area contributed by atoms with Crippen molar-refractivity contribution in [1.29, 1.82) is 0 Å². The van der Waals surface area contributed by atoms with Gasteiger partial charge in [-0.2, -0.15) is 8.78 Å². The first-order chi connectivity index (χ1) is 14.1. The molecule has 0 saturated heterocycles. The number of rotatable bonds is 9. The second kappa shape index (κ2) is 10.3. The SMILES string of the molecule is O=C(NCCNc1ccc(Nc2ccccn2)nn1)c1ccccc1SC(F)F. The first kappa shape index (κ1) is 20.5. The van der Waals surface area contributed by atoms with Crippen LogP contribution in [0.2, 0.25) is 0 Å². The number of thioether (sulfide) groups is 1. The fourth-order valence-corrected chi connectivity index (χ4v) is 3.01. The summed E-state index contributed by atoms with van der Waals surface area (Å²) in [5.74, 6) is -1.23. The van der Waals surface area contributed by atoms with Crippen molar-refractivity contribution in [3.8, 4) is 0 Å². The van der Waals surface area contributed by atoms with Crippen LogP contribution in [0.25, 0.3) is 0 Å². The number of nitrogens with zero attached hydrogens (tertiary/aromatic N) is 3. The molecule has 0 aliphatic carbocycles. The average Bonchev–Trinajstić information content (AvgIpc) is 2.73. The molecule has 2 heterocycles. The van der Waals surface area contributed by atoms with Gasteiger partial charge in [-0.1, -0.05) is 30.0 Å². The van der Waals surface area contributed by atoms with Crippen LogP contribution in [0.3, 0.4) is 0 Å². The third-order valence-corrected chi connectivity index (χ3v) is 4.44. The molecular formula is C19H18F2N6OS. The molecule has 0 radical (unpaired) electrons. The van der Waals surface area contributed by atoms with Gasteiger partial charge < -0.3 is 16.0 Å². The Morgan fingerprint density at radius 2 is 1.69 bits per heavy atom. The number of anilines is 3. The first-order valence-electron chi connectivity index (χ1n) is 8.69. The lowest BCUT2D eigenvalue weighted by molar-refractivity contribution is 0.0952. The van der Waals surface area contributed by atoms with Crippen molar-refractivity contribution in [2.75, 3.05) is 23.7 Å². The molecule has 0 spiro atoms. The van der Waals surface area contributed by atoms with Crippen LogP contribution in [-0.2, 0) is 0 Å². The Bertz CT molecular complexity index is 927. The summed E-state index contributed by atoms with van der Waals surface area (Å²) in [5.41, 5.74) is 0.225. The van der Waals surface area contributed by atoms with Crippen molar-refractivity contribution in [2.24, 2.45) is 0 Å². The number of carbonyl (C=O) groups excluding carboxylic acids is 1. The molecule has 0 aliphatic heterocycles. The van der Waals surface area contributed by atoms with Crippen molar-refractivity contribution in [3.05, 3.63) is 66.4 Å². The normalized spacial score (nSPS) is 10.6. The average molecular weight is 416 g/mol. The number of hydrogen-bond acceptors (Lipinski definition) is 7. The third kappa shape index (κ3) is 6.39. The Morgan fingerprint density at radius 3 is 2.41 bits per heavy atom. The van der Waals surface area contributed by atoms with Crippen LogP contribution in [-0.4, -0.2) is 39.9 Å². The van der Waals surface area contributed by atoms with Gasteiger partial charge in [0.25, 0.3) is 11.7 Å². The Morgan fingerprint density at radius 1 is 0.931 bits per heavy atom. The molecule has 0 fully saturated rings. The zero-order chi connectivity index (χ0) is 20.5. The standard InChI is InChI=1S/C19H18F2N6OS/c20-19(21)29-14-6-2-1-5-13(14)18(28)24-12-11-23-16-8-9-17(27-26-16)25-15-7-3-4-10-22-15/h1-10,19H,11-12H2,(H,23,26)(H,24,28)(H,22,25,27). The van der Waals surface area contributed by atoms with Crippen molar-refractivity contribution in [1.82, 2.24) is 20.5 Å². The number of carbonyl (C=O) groups is 1. The van der Waals surface area contributed by atoms with E-state index in [1.165, 1.54) is 12.1 Å². The Kier molecular flexibility index (Phi) is 7.28. The van der Waals surface area contributed by atoms with E-state index < -0.39 is 11.7 Å². The highest BCUT2D eigenvalue weighted by molar-refractivity contribution is 7.99. The molecule has 2 aromatic heterocycles. The van der Waals surface area contributed by atoms with Crippen molar-refractivity contribution < 1.29 is 13.6 Å². The molecule has 1 amide bonds. The number of aromatic nitrogens is 3. The zero-order valence-corrected chi connectivity index (χ0v) is 16.0. The zero-order valence-electron chi connectivity index (χ0n) is 15.2. The summed E-state index contributed by atoms with van der Waals surface area (Å²) in [4.78, 5) is 16.6. The lowest BCUT2D eigenvalue weighted by Gasteiger charge is -2.10. The van der Waals surface area contributed by atoms with Gasteiger partial charge in [0.1, 0.15) is 11.6 Å². The van der Waals surface area contributed by atoms with Crippen molar-refractivity contribution in [2.45, 2.75) is 10.7 Å². The van der Waals surface area contributed by atoms with E-state index >= 15 is 0 Å². The lowest BCUT2D eigenvalue weighted by atomic mass is 10.2. The number of halogens is 2.